The molecule has 1 aliphatic heterocycles. The first-order valence-corrected chi connectivity index (χ1v) is 16.1. The highest BCUT2D eigenvalue weighted by atomic mass is 16.3. The molecule has 0 unspecified atom stereocenters. The lowest BCUT2D eigenvalue weighted by molar-refractivity contribution is -0.117. The highest BCUT2D eigenvalue weighted by Crippen LogP contribution is 2.34. The number of aromatic nitrogens is 4. The summed E-state index contributed by atoms with van der Waals surface area (Å²) >= 11 is 0. The molecule has 2 amide bonds. The lowest BCUT2D eigenvalue weighted by Crippen LogP contribution is -2.41. The van der Waals surface area contributed by atoms with E-state index in [0.717, 1.165) is 44.2 Å². The van der Waals surface area contributed by atoms with Gasteiger partial charge in [-0.3, -0.25) is 24.2 Å². The molecular formula is C35H42N8O4. The highest BCUT2D eigenvalue weighted by molar-refractivity contribution is 6.06. The summed E-state index contributed by atoms with van der Waals surface area (Å²) in [7, 11) is 5.44. The molecule has 12 heteroatoms. The first-order valence-electron chi connectivity index (χ1n) is 16.1. The maximum absolute atomic E-state index is 13.8. The van der Waals surface area contributed by atoms with Gasteiger partial charge in [-0.15, -0.1) is 0 Å². The fraction of sp³-hybridized carbons (Fsp3) is 0.400. The van der Waals surface area contributed by atoms with Gasteiger partial charge >= 0.3 is 0 Å². The number of benzene rings is 1. The van der Waals surface area contributed by atoms with E-state index in [9.17, 15) is 19.5 Å². The number of hydrogen-bond acceptors (Lipinski definition) is 8. The number of carbonyl (C=O) groups is 2. The normalized spacial score (nSPS) is 14.9. The molecule has 2 aliphatic rings. The van der Waals surface area contributed by atoms with Crippen LogP contribution in [0, 0.1) is 0 Å². The number of amides is 2. The number of carbonyl (C=O) groups excluding carboxylic acids is 2. The van der Waals surface area contributed by atoms with E-state index >= 15 is 0 Å². The smallest absolute Gasteiger partial charge is 0.293 e. The largest absolute Gasteiger partial charge is 0.392 e. The molecule has 6 rings (SSSR count). The number of fused-ring (bicyclic) bond motifs is 3. The topological polar surface area (TPSA) is 129 Å². The number of likely N-dealkylation sites (N-methyl/N-ethyl adjacent to an activating group) is 2. The number of aryl methyl sites for hydroxylation is 2. The molecule has 0 radical (unpaired) electrons. The van der Waals surface area contributed by atoms with Crippen LogP contribution in [0.15, 0.2) is 53.6 Å². The summed E-state index contributed by atoms with van der Waals surface area (Å²) in [5.74, 6) is 0.413. The molecule has 4 aromatic rings. The van der Waals surface area contributed by atoms with Gasteiger partial charge in [0.2, 0.25) is 6.41 Å². The lowest BCUT2D eigenvalue weighted by Gasteiger charge is -2.30. The number of anilines is 3. The summed E-state index contributed by atoms with van der Waals surface area (Å²) in [5, 5.41) is 13.8. The Morgan fingerprint density at radius 2 is 1.83 bits per heavy atom. The van der Waals surface area contributed by atoms with Gasteiger partial charge in [0, 0.05) is 81.2 Å². The lowest BCUT2D eigenvalue weighted by atomic mass is 9.98. The third kappa shape index (κ3) is 6.30. The van der Waals surface area contributed by atoms with Gasteiger partial charge < -0.3 is 24.5 Å². The first kappa shape index (κ1) is 32.1. The molecule has 2 N–H and O–H groups in total. The highest BCUT2D eigenvalue weighted by Gasteiger charge is 2.32. The molecule has 3 aromatic heterocycles. The van der Waals surface area contributed by atoms with Crippen LogP contribution in [0.4, 0.5) is 17.3 Å². The van der Waals surface area contributed by atoms with Gasteiger partial charge in [0.25, 0.3) is 11.5 Å². The number of aliphatic hydroxyl groups is 1. The molecular weight excluding hydrogens is 596 g/mol. The van der Waals surface area contributed by atoms with Crippen molar-refractivity contribution < 1.29 is 14.7 Å². The van der Waals surface area contributed by atoms with Crippen molar-refractivity contribution >= 4 is 29.6 Å². The average molecular weight is 639 g/mol. The second-order valence-electron chi connectivity index (χ2n) is 12.5. The summed E-state index contributed by atoms with van der Waals surface area (Å²) in [5.41, 5.74) is 6.24. The minimum Gasteiger partial charge on any atom is -0.392 e. The van der Waals surface area contributed by atoms with Gasteiger partial charge in [0.1, 0.15) is 11.5 Å². The number of hydrogen-bond donors (Lipinski definition) is 2. The number of rotatable bonds is 11. The summed E-state index contributed by atoms with van der Waals surface area (Å²) in [6.07, 6.45) is 8.34. The monoisotopic (exact) mass is 638 g/mol. The fourth-order valence-corrected chi connectivity index (χ4v) is 6.56. The van der Waals surface area contributed by atoms with Crippen molar-refractivity contribution in [1.82, 2.24) is 28.9 Å². The third-order valence-corrected chi connectivity index (χ3v) is 9.52. The second-order valence-corrected chi connectivity index (χ2v) is 12.5. The van der Waals surface area contributed by atoms with Crippen molar-refractivity contribution in [2.24, 2.45) is 7.05 Å². The maximum atomic E-state index is 13.8. The van der Waals surface area contributed by atoms with Crippen molar-refractivity contribution in [1.29, 1.82) is 0 Å². The fourth-order valence-electron chi connectivity index (χ4n) is 6.56. The van der Waals surface area contributed by atoms with Crippen LogP contribution in [0.3, 0.4) is 0 Å². The van der Waals surface area contributed by atoms with Gasteiger partial charge in [-0.05, 0) is 75.0 Å². The van der Waals surface area contributed by atoms with Crippen LogP contribution in [-0.2, 0) is 37.8 Å². The number of nitrogens with zero attached hydrogens (tertiary/aromatic N) is 7. The molecule has 0 saturated carbocycles. The number of pyridine rings is 1. The van der Waals surface area contributed by atoms with Crippen molar-refractivity contribution in [3.8, 4) is 11.3 Å². The SMILES string of the molecule is C[C@@H](c1ccc(Nc2nc(-c3ccnc(N4CCn5c(cc6c5CCCC6)C4=O)c3CO)cn(C)c2=O)cc1)N(C)CCN(C)C=O. The van der Waals surface area contributed by atoms with Crippen LogP contribution in [0.25, 0.3) is 11.3 Å². The van der Waals surface area contributed by atoms with Crippen molar-refractivity contribution in [3.63, 3.8) is 0 Å². The zero-order valence-corrected chi connectivity index (χ0v) is 27.4. The molecule has 4 heterocycles. The van der Waals surface area contributed by atoms with Crippen LogP contribution >= 0.6 is 0 Å². The van der Waals surface area contributed by atoms with Crippen LogP contribution in [-0.4, -0.2) is 80.1 Å². The van der Waals surface area contributed by atoms with Gasteiger partial charge in [0.05, 0.1) is 12.3 Å². The number of nitrogens with one attached hydrogen (secondary N) is 1. The predicted octanol–water partition coefficient (Wildman–Crippen LogP) is 3.50. The average Bonchev–Trinajstić information content (AvgIpc) is 3.48. The van der Waals surface area contributed by atoms with Crippen LogP contribution in [0.1, 0.15) is 58.7 Å². The molecule has 0 saturated heterocycles. The standard InChI is InChI=1S/C35H42N8O4/c1-23(40(3)16-15-39(2)22-45)24-9-11-26(12-10-24)37-32-35(47)41(4)20-29(38-32)27-13-14-36-33(28(27)21-44)43-18-17-42-30-8-6-5-7-25(30)19-31(42)34(43)46/h9-14,19-20,22-23,44H,5-8,15-18,21H2,1-4H3,(H,37,38)/t23-/m0/s1. The Morgan fingerprint density at radius 3 is 2.57 bits per heavy atom. The Hall–Kier alpha value is -4.81. The zero-order valence-electron chi connectivity index (χ0n) is 27.4. The predicted molar refractivity (Wildman–Crippen MR) is 181 cm³/mol. The van der Waals surface area contributed by atoms with Crippen molar-refractivity contribution in [3.05, 3.63) is 87.2 Å². The molecule has 0 spiro atoms. The van der Waals surface area contributed by atoms with E-state index in [1.165, 1.54) is 15.8 Å². The molecule has 0 fully saturated rings. The van der Waals surface area contributed by atoms with Crippen LogP contribution in [0.5, 0.6) is 0 Å². The molecule has 246 valence electrons. The van der Waals surface area contributed by atoms with Crippen LogP contribution in [0.2, 0.25) is 0 Å². The maximum Gasteiger partial charge on any atom is 0.293 e. The Bertz CT molecular complexity index is 1850. The van der Waals surface area contributed by atoms with E-state index in [1.807, 2.05) is 37.4 Å². The van der Waals surface area contributed by atoms with E-state index in [1.54, 1.807) is 42.4 Å². The zero-order chi connectivity index (χ0) is 33.2. The Labute approximate surface area is 274 Å². The van der Waals surface area contributed by atoms with Gasteiger partial charge in [-0.25, -0.2) is 9.97 Å². The Balaban J connectivity index is 1.25. The molecule has 12 nitrogen and oxygen atoms in total. The minimum atomic E-state index is -0.355. The van der Waals surface area contributed by atoms with E-state index in [2.05, 4.69) is 26.7 Å². The van der Waals surface area contributed by atoms with E-state index in [-0.39, 0.29) is 29.9 Å². The summed E-state index contributed by atoms with van der Waals surface area (Å²) in [6, 6.07) is 11.7. The van der Waals surface area contributed by atoms with Crippen LogP contribution < -0.4 is 15.8 Å². The Kier molecular flexibility index (Phi) is 9.24. The van der Waals surface area contributed by atoms with E-state index in [4.69, 9.17) is 4.98 Å². The Morgan fingerprint density at radius 1 is 1.06 bits per heavy atom. The van der Waals surface area contributed by atoms with Gasteiger partial charge in [0.15, 0.2) is 5.82 Å². The molecule has 1 aromatic carbocycles. The second kappa shape index (κ2) is 13.5. The summed E-state index contributed by atoms with van der Waals surface area (Å²) in [6.45, 7) is 4.24. The number of aliphatic hydroxyl groups excluding tert-OH is 1. The minimum absolute atomic E-state index is 0.123. The molecule has 1 aliphatic carbocycles. The van der Waals surface area contributed by atoms with E-state index in [0.29, 0.717) is 53.7 Å². The molecule has 47 heavy (non-hydrogen) atoms. The molecule has 1 atom stereocenters. The van der Waals surface area contributed by atoms with Gasteiger partial charge in [-0.2, -0.15) is 0 Å². The first-order chi connectivity index (χ1) is 22.7. The quantitative estimate of drug-likeness (QED) is 0.239. The summed E-state index contributed by atoms with van der Waals surface area (Å²) in [4.78, 5) is 52.6. The van der Waals surface area contributed by atoms with Crippen molar-refractivity contribution in [2.75, 3.05) is 43.9 Å². The van der Waals surface area contributed by atoms with Gasteiger partial charge in [-0.1, -0.05) is 12.1 Å². The van der Waals surface area contributed by atoms with Crippen molar-refractivity contribution in [2.45, 2.75) is 51.8 Å². The third-order valence-electron chi connectivity index (χ3n) is 9.52. The summed E-state index contributed by atoms with van der Waals surface area (Å²) < 4.78 is 3.61. The van der Waals surface area contributed by atoms with E-state index < -0.39 is 0 Å². The molecule has 0 bridgehead atoms.